The number of carbonyl (C=O) groups is 1. The number of hydrogen-bond donors (Lipinski definition) is 1. The zero-order valence-corrected chi connectivity index (χ0v) is 12.3. The van der Waals surface area contributed by atoms with Gasteiger partial charge in [0.15, 0.2) is 0 Å². The van der Waals surface area contributed by atoms with Crippen molar-refractivity contribution in [2.24, 2.45) is 0 Å². The molecule has 7 heteroatoms. The Morgan fingerprint density at radius 1 is 1.45 bits per heavy atom. The number of likely N-dealkylation sites (N-methyl/N-ethyl adjacent to an activating group) is 1. The molecule has 1 aromatic carbocycles. The topological polar surface area (TPSA) is 75.7 Å². The highest BCUT2D eigenvalue weighted by atomic mass is 32.2. The molecule has 0 spiro atoms. The summed E-state index contributed by atoms with van der Waals surface area (Å²) in [6.07, 6.45) is 1.75. The van der Waals surface area contributed by atoms with Crippen LogP contribution in [0.5, 0.6) is 5.75 Å². The first-order valence-electron chi connectivity index (χ1n) is 6.30. The van der Waals surface area contributed by atoms with E-state index in [-0.39, 0.29) is 18.5 Å². The summed E-state index contributed by atoms with van der Waals surface area (Å²) in [5.41, 5.74) is 0.925. The maximum Gasteiger partial charge on any atom is 0.235 e. The summed E-state index contributed by atoms with van der Waals surface area (Å²) in [5, 5.41) is 2.85. The Balaban J connectivity index is 2.03. The number of para-hydroxylation sites is 1. The third kappa shape index (κ3) is 3.49. The lowest BCUT2D eigenvalue weighted by Gasteiger charge is -2.27. The van der Waals surface area contributed by atoms with Gasteiger partial charge in [-0.05, 0) is 6.07 Å². The highest BCUT2D eigenvalue weighted by Gasteiger charge is 2.24. The van der Waals surface area contributed by atoms with Crippen molar-refractivity contribution in [3.8, 4) is 5.75 Å². The quantitative estimate of drug-likeness (QED) is 0.879. The van der Waals surface area contributed by atoms with E-state index in [4.69, 9.17) is 4.74 Å². The van der Waals surface area contributed by atoms with Crippen molar-refractivity contribution in [3.63, 3.8) is 0 Å². The molecule has 110 valence electrons. The van der Waals surface area contributed by atoms with E-state index in [1.165, 1.54) is 7.05 Å². The number of rotatable bonds is 4. The van der Waals surface area contributed by atoms with E-state index in [1.807, 2.05) is 24.3 Å². The van der Waals surface area contributed by atoms with Crippen molar-refractivity contribution in [2.75, 3.05) is 26.5 Å². The van der Waals surface area contributed by atoms with Gasteiger partial charge in [0.2, 0.25) is 15.9 Å². The van der Waals surface area contributed by atoms with Gasteiger partial charge in [-0.1, -0.05) is 18.2 Å². The van der Waals surface area contributed by atoms with Gasteiger partial charge in [0.05, 0.1) is 25.4 Å². The number of ether oxygens (including phenoxy) is 1. The lowest BCUT2D eigenvalue weighted by molar-refractivity contribution is -0.122. The maximum absolute atomic E-state index is 11.9. The van der Waals surface area contributed by atoms with Gasteiger partial charge in [0.1, 0.15) is 5.75 Å². The van der Waals surface area contributed by atoms with Crippen LogP contribution in [-0.2, 0) is 14.8 Å². The smallest absolute Gasteiger partial charge is 0.235 e. The molecular weight excluding hydrogens is 280 g/mol. The molecule has 0 aromatic heterocycles. The van der Waals surface area contributed by atoms with Crippen LogP contribution >= 0.6 is 0 Å². The molecule has 1 aliphatic heterocycles. The third-order valence-electron chi connectivity index (χ3n) is 3.23. The average Bonchev–Trinajstić information content (AvgIpc) is 2.38. The van der Waals surface area contributed by atoms with Gasteiger partial charge in [-0.25, -0.2) is 8.42 Å². The Labute approximate surface area is 118 Å². The summed E-state index contributed by atoms with van der Waals surface area (Å²) in [6, 6.07) is 7.38. The summed E-state index contributed by atoms with van der Waals surface area (Å²) in [5.74, 6) is 0.445. The predicted octanol–water partition coefficient (Wildman–Crippen LogP) is 0.518. The van der Waals surface area contributed by atoms with Crippen molar-refractivity contribution >= 4 is 15.9 Å². The second kappa shape index (κ2) is 5.80. The van der Waals surface area contributed by atoms with E-state index in [0.29, 0.717) is 13.0 Å². The Bertz CT molecular complexity index is 600. The molecule has 0 unspecified atom stereocenters. The van der Waals surface area contributed by atoms with Crippen LogP contribution in [-0.4, -0.2) is 45.1 Å². The fourth-order valence-corrected chi connectivity index (χ4v) is 2.40. The molecule has 1 amide bonds. The zero-order valence-electron chi connectivity index (χ0n) is 11.5. The highest BCUT2D eigenvalue weighted by molar-refractivity contribution is 7.88. The Morgan fingerprint density at radius 3 is 2.85 bits per heavy atom. The van der Waals surface area contributed by atoms with Crippen molar-refractivity contribution in [1.29, 1.82) is 0 Å². The fourth-order valence-electron chi connectivity index (χ4n) is 2.05. The number of fused-ring (bicyclic) bond motifs is 1. The second-order valence-electron chi connectivity index (χ2n) is 4.81. The highest BCUT2D eigenvalue weighted by Crippen LogP contribution is 2.31. The van der Waals surface area contributed by atoms with Crippen molar-refractivity contribution < 1.29 is 17.9 Å². The molecule has 0 aliphatic carbocycles. The number of nitrogens with zero attached hydrogens (tertiary/aromatic N) is 1. The largest absolute Gasteiger partial charge is 0.493 e. The number of amides is 1. The van der Waals surface area contributed by atoms with Gasteiger partial charge in [0.25, 0.3) is 0 Å². The Kier molecular flexibility index (Phi) is 4.29. The molecule has 1 heterocycles. The monoisotopic (exact) mass is 298 g/mol. The molecule has 0 radical (unpaired) electrons. The summed E-state index contributed by atoms with van der Waals surface area (Å²) in [6.45, 7) is 0.349. The van der Waals surface area contributed by atoms with Gasteiger partial charge in [-0.2, -0.15) is 4.31 Å². The zero-order chi connectivity index (χ0) is 14.8. The van der Waals surface area contributed by atoms with E-state index in [1.54, 1.807) is 0 Å². The molecule has 20 heavy (non-hydrogen) atoms. The summed E-state index contributed by atoms with van der Waals surface area (Å²) >= 11 is 0. The first kappa shape index (κ1) is 14.8. The molecule has 0 fully saturated rings. The van der Waals surface area contributed by atoms with Crippen LogP contribution in [0.2, 0.25) is 0 Å². The van der Waals surface area contributed by atoms with Crippen LogP contribution < -0.4 is 10.1 Å². The molecule has 1 atom stereocenters. The minimum Gasteiger partial charge on any atom is -0.493 e. The number of benzene rings is 1. The van der Waals surface area contributed by atoms with Crippen LogP contribution in [0.4, 0.5) is 0 Å². The fraction of sp³-hybridized carbons (Fsp3) is 0.462. The van der Waals surface area contributed by atoms with E-state index >= 15 is 0 Å². The summed E-state index contributed by atoms with van der Waals surface area (Å²) < 4.78 is 29.1. The number of nitrogens with one attached hydrogen (secondary N) is 1. The molecule has 1 N–H and O–H groups in total. The second-order valence-corrected chi connectivity index (χ2v) is 6.90. The van der Waals surface area contributed by atoms with Crippen molar-refractivity contribution in [2.45, 2.75) is 12.5 Å². The van der Waals surface area contributed by atoms with Crippen molar-refractivity contribution in [1.82, 2.24) is 9.62 Å². The van der Waals surface area contributed by atoms with Gasteiger partial charge < -0.3 is 10.1 Å². The van der Waals surface area contributed by atoms with Gasteiger partial charge in [-0.3, -0.25) is 4.79 Å². The van der Waals surface area contributed by atoms with Crippen LogP contribution in [0.1, 0.15) is 18.0 Å². The van der Waals surface area contributed by atoms with Gasteiger partial charge in [0, 0.05) is 19.0 Å². The first-order chi connectivity index (χ1) is 9.38. The van der Waals surface area contributed by atoms with E-state index < -0.39 is 10.0 Å². The van der Waals surface area contributed by atoms with Gasteiger partial charge >= 0.3 is 0 Å². The molecule has 1 aliphatic rings. The molecule has 6 nitrogen and oxygen atoms in total. The molecule has 0 bridgehead atoms. The van der Waals surface area contributed by atoms with E-state index in [0.717, 1.165) is 21.9 Å². The normalized spacial score (nSPS) is 18.2. The van der Waals surface area contributed by atoms with E-state index in [2.05, 4.69) is 5.32 Å². The molecule has 0 saturated carbocycles. The minimum absolute atomic E-state index is 0.139. The molecule has 1 aromatic rings. The number of carbonyl (C=O) groups excluding carboxylic acids is 1. The standard InChI is InChI=1S/C13H18N2O4S/c1-15(20(2,17)18)9-13(16)14-11-7-8-19-12-6-4-3-5-10(11)12/h3-6,11H,7-9H2,1-2H3,(H,14,16)/t11-/m1/s1. The van der Waals surface area contributed by atoms with Crippen molar-refractivity contribution in [3.05, 3.63) is 29.8 Å². The Morgan fingerprint density at radius 2 is 2.15 bits per heavy atom. The molecule has 0 saturated heterocycles. The lowest BCUT2D eigenvalue weighted by Crippen LogP contribution is -2.40. The van der Waals surface area contributed by atoms with Crippen LogP contribution in [0.3, 0.4) is 0 Å². The number of hydrogen-bond acceptors (Lipinski definition) is 4. The third-order valence-corrected chi connectivity index (χ3v) is 4.49. The SMILES string of the molecule is CN(CC(=O)N[C@@H]1CCOc2ccccc21)S(C)(=O)=O. The van der Waals surface area contributed by atoms with Crippen LogP contribution in [0.15, 0.2) is 24.3 Å². The van der Waals surface area contributed by atoms with E-state index in [9.17, 15) is 13.2 Å². The van der Waals surface area contributed by atoms with Gasteiger partial charge in [-0.15, -0.1) is 0 Å². The maximum atomic E-state index is 11.9. The lowest BCUT2D eigenvalue weighted by atomic mass is 10.0. The predicted molar refractivity (Wildman–Crippen MR) is 74.9 cm³/mol. The summed E-state index contributed by atoms with van der Waals surface area (Å²) in [7, 11) is -1.97. The minimum atomic E-state index is -3.35. The van der Waals surface area contributed by atoms with Crippen LogP contribution in [0, 0.1) is 0 Å². The molecule has 2 rings (SSSR count). The molecular formula is C13H18N2O4S. The average molecular weight is 298 g/mol. The Hall–Kier alpha value is -1.60. The van der Waals surface area contributed by atoms with Crippen LogP contribution in [0.25, 0.3) is 0 Å². The first-order valence-corrected chi connectivity index (χ1v) is 8.15. The summed E-state index contributed by atoms with van der Waals surface area (Å²) in [4.78, 5) is 11.9. The number of sulfonamides is 1.